The van der Waals surface area contributed by atoms with Gasteiger partial charge in [0.15, 0.2) is 5.65 Å². The molecule has 0 saturated heterocycles. The highest BCUT2D eigenvalue weighted by molar-refractivity contribution is 5.97. The molecule has 2 heterocycles. The maximum Gasteiger partial charge on any atom is 0.231 e. The average molecular weight is 359 g/mol. The molecule has 6 heteroatoms. The van der Waals surface area contributed by atoms with E-state index in [2.05, 4.69) is 26.3 Å². The van der Waals surface area contributed by atoms with E-state index in [-0.39, 0.29) is 11.8 Å². The van der Waals surface area contributed by atoms with Crippen LogP contribution >= 0.6 is 0 Å². The number of nitrogens with zero attached hydrogens (tertiary/aromatic N) is 3. The summed E-state index contributed by atoms with van der Waals surface area (Å²) in [5, 5.41) is 3.05. The zero-order valence-corrected chi connectivity index (χ0v) is 15.3. The first-order valence-corrected chi connectivity index (χ1v) is 8.88. The van der Waals surface area contributed by atoms with Crippen LogP contribution in [-0.4, -0.2) is 39.9 Å². The Bertz CT molecular complexity index is 1010. The molecule has 1 aliphatic carbocycles. The van der Waals surface area contributed by atoms with Crippen LogP contribution in [0.3, 0.4) is 0 Å². The molecule has 0 bridgehead atoms. The van der Waals surface area contributed by atoms with Gasteiger partial charge in [0.1, 0.15) is 5.82 Å². The van der Waals surface area contributed by atoms with Crippen molar-refractivity contribution < 1.29 is 4.79 Å². The van der Waals surface area contributed by atoms with E-state index in [4.69, 9.17) is 0 Å². The lowest BCUT2D eigenvalue weighted by molar-refractivity contribution is -0.118. The Kier molecular flexibility index (Phi) is 4.46. The Balaban J connectivity index is 1.57. The maximum absolute atomic E-state index is 12.8. The van der Waals surface area contributed by atoms with Gasteiger partial charge in [-0.1, -0.05) is 24.3 Å². The Morgan fingerprint density at radius 2 is 2.07 bits per heavy atom. The Labute approximate surface area is 157 Å². The fourth-order valence-electron chi connectivity index (χ4n) is 3.13. The van der Waals surface area contributed by atoms with Gasteiger partial charge in [-0.15, -0.1) is 0 Å². The van der Waals surface area contributed by atoms with Crippen LogP contribution in [0.5, 0.6) is 0 Å². The lowest BCUT2D eigenvalue weighted by Crippen LogP contribution is -2.23. The lowest BCUT2D eigenvalue weighted by atomic mass is 9.98. The molecule has 2 aromatic heterocycles. The lowest BCUT2D eigenvalue weighted by Gasteiger charge is -2.21. The number of fused-ring (bicyclic) bond motifs is 1. The van der Waals surface area contributed by atoms with Crippen molar-refractivity contribution in [3.05, 3.63) is 66.5 Å². The number of benzene rings is 1. The number of para-hydroxylation sites is 1. The first kappa shape index (κ1) is 17.0. The van der Waals surface area contributed by atoms with Crippen LogP contribution in [0.25, 0.3) is 22.6 Å². The molecule has 27 heavy (non-hydrogen) atoms. The highest BCUT2D eigenvalue weighted by Gasteiger charge is 2.20. The van der Waals surface area contributed by atoms with Crippen molar-refractivity contribution in [2.75, 3.05) is 19.4 Å². The van der Waals surface area contributed by atoms with E-state index in [1.807, 2.05) is 67.5 Å². The minimum atomic E-state index is -0.181. The number of amides is 1. The molecule has 3 aromatic rings. The van der Waals surface area contributed by atoms with E-state index in [9.17, 15) is 4.79 Å². The number of allylic oxidation sites excluding steroid dienone is 2. The normalized spacial score (nSPS) is 16.2. The molecule has 0 fully saturated rings. The van der Waals surface area contributed by atoms with E-state index in [0.29, 0.717) is 17.9 Å². The molecule has 0 aliphatic heterocycles. The number of aromatic nitrogens is 3. The Morgan fingerprint density at radius 3 is 2.81 bits per heavy atom. The second kappa shape index (κ2) is 7.07. The van der Waals surface area contributed by atoms with Gasteiger partial charge in [0.05, 0.1) is 17.1 Å². The molecule has 1 aliphatic rings. The number of hydrogen-bond donors (Lipinski definition) is 2. The van der Waals surface area contributed by atoms with Crippen molar-refractivity contribution in [1.29, 1.82) is 0 Å². The number of rotatable bonds is 4. The summed E-state index contributed by atoms with van der Waals surface area (Å²) < 4.78 is 0. The van der Waals surface area contributed by atoms with Crippen molar-refractivity contribution in [3.63, 3.8) is 0 Å². The molecule has 6 nitrogen and oxygen atoms in total. The molecule has 4 rings (SSSR count). The molecule has 0 spiro atoms. The van der Waals surface area contributed by atoms with Gasteiger partial charge in [-0.3, -0.25) is 4.79 Å². The van der Waals surface area contributed by atoms with Crippen LogP contribution in [0.2, 0.25) is 0 Å². The van der Waals surface area contributed by atoms with Gasteiger partial charge in [0, 0.05) is 31.6 Å². The molecule has 2 N–H and O–H groups in total. The Morgan fingerprint density at radius 1 is 1.22 bits per heavy atom. The van der Waals surface area contributed by atoms with Crippen LogP contribution in [0, 0.1) is 5.92 Å². The summed E-state index contributed by atoms with van der Waals surface area (Å²) in [6, 6.07) is 11.5. The smallest absolute Gasteiger partial charge is 0.231 e. The number of likely N-dealkylation sites (N-methyl/N-ethyl adjacent to an activating group) is 1. The topological polar surface area (TPSA) is 73.9 Å². The summed E-state index contributed by atoms with van der Waals surface area (Å²) in [6.07, 6.45) is 8.43. The summed E-state index contributed by atoms with van der Waals surface area (Å²) in [6.45, 7) is 0. The minimum absolute atomic E-state index is 0.0259. The fraction of sp³-hybridized carbons (Fsp3) is 0.190. The predicted molar refractivity (Wildman–Crippen MR) is 107 cm³/mol. The van der Waals surface area contributed by atoms with Gasteiger partial charge >= 0.3 is 0 Å². The maximum atomic E-state index is 12.8. The largest absolute Gasteiger partial charge is 0.378 e. The summed E-state index contributed by atoms with van der Waals surface area (Å²) in [5.74, 6) is 0.481. The van der Waals surface area contributed by atoms with Gasteiger partial charge in [0.2, 0.25) is 5.91 Å². The first-order valence-electron chi connectivity index (χ1n) is 8.88. The number of hydrogen-bond acceptors (Lipinski definition) is 4. The number of anilines is 1. The van der Waals surface area contributed by atoms with E-state index in [0.717, 1.165) is 22.5 Å². The second-order valence-electron chi connectivity index (χ2n) is 6.72. The molecule has 1 amide bonds. The van der Waals surface area contributed by atoms with Crippen LogP contribution in [0.4, 0.5) is 5.69 Å². The van der Waals surface area contributed by atoms with Crippen LogP contribution in [0.1, 0.15) is 6.42 Å². The molecule has 136 valence electrons. The van der Waals surface area contributed by atoms with Crippen LogP contribution < -0.4 is 5.32 Å². The van der Waals surface area contributed by atoms with Gasteiger partial charge in [-0.2, -0.15) is 0 Å². The molecule has 1 unspecified atom stereocenters. The number of carbonyl (C=O) groups is 1. The molecule has 0 saturated carbocycles. The van der Waals surface area contributed by atoms with Gasteiger partial charge < -0.3 is 15.2 Å². The number of aromatic amines is 1. The van der Waals surface area contributed by atoms with Crippen molar-refractivity contribution in [1.82, 2.24) is 19.9 Å². The highest BCUT2D eigenvalue weighted by atomic mass is 16.1. The number of nitrogens with one attached hydrogen (secondary N) is 2. The van der Waals surface area contributed by atoms with E-state index < -0.39 is 0 Å². The third-order valence-electron chi connectivity index (χ3n) is 4.63. The minimum Gasteiger partial charge on any atom is -0.378 e. The van der Waals surface area contributed by atoms with E-state index in [1.165, 1.54) is 0 Å². The first-order chi connectivity index (χ1) is 13.1. The van der Waals surface area contributed by atoms with Crippen molar-refractivity contribution in [2.45, 2.75) is 6.42 Å². The molecular formula is C21H21N5O. The molecular weight excluding hydrogens is 338 g/mol. The van der Waals surface area contributed by atoms with Crippen molar-refractivity contribution in [2.24, 2.45) is 5.92 Å². The number of carbonyl (C=O) groups excluding carboxylic acids is 1. The average Bonchev–Trinajstić information content (AvgIpc) is 3.12. The zero-order chi connectivity index (χ0) is 18.8. The standard InChI is InChI=1S/C21H21N5O/c1-26(2)15-11-9-14(10-12-15)21(27)24-17-7-4-3-6-16(17)19-23-18-8-5-13-22-20(18)25-19/h3-9,11-14H,10H2,1-2H3,(H,24,27)(H,22,23,25). The fourth-order valence-corrected chi connectivity index (χ4v) is 3.13. The van der Waals surface area contributed by atoms with E-state index in [1.54, 1.807) is 6.20 Å². The summed E-state index contributed by atoms with van der Waals surface area (Å²) >= 11 is 0. The highest BCUT2D eigenvalue weighted by Crippen LogP contribution is 2.28. The van der Waals surface area contributed by atoms with Gasteiger partial charge in [0.25, 0.3) is 0 Å². The number of H-pyrrole nitrogens is 1. The second-order valence-corrected chi connectivity index (χ2v) is 6.72. The van der Waals surface area contributed by atoms with Crippen molar-refractivity contribution in [3.8, 4) is 11.4 Å². The van der Waals surface area contributed by atoms with Gasteiger partial charge in [-0.05, 0) is 36.8 Å². The molecule has 1 atom stereocenters. The number of pyridine rings is 1. The third-order valence-corrected chi connectivity index (χ3v) is 4.63. The summed E-state index contributed by atoms with van der Waals surface area (Å²) in [5.41, 5.74) is 4.22. The number of imidazole rings is 1. The van der Waals surface area contributed by atoms with Crippen LogP contribution in [-0.2, 0) is 4.79 Å². The summed E-state index contributed by atoms with van der Waals surface area (Å²) in [7, 11) is 3.99. The molecule has 0 radical (unpaired) electrons. The third kappa shape index (κ3) is 3.46. The Hall–Kier alpha value is -3.41. The van der Waals surface area contributed by atoms with E-state index >= 15 is 0 Å². The zero-order valence-electron chi connectivity index (χ0n) is 15.3. The van der Waals surface area contributed by atoms with Gasteiger partial charge in [-0.25, -0.2) is 9.97 Å². The summed E-state index contributed by atoms with van der Waals surface area (Å²) in [4.78, 5) is 26.9. The SMILES string of the molecule is CN(C)C1=CCC(C(=O)Nc2ccccc2-c2nc3ncccc3[nH]2)C=C1. The monoisotopic (exact) mass is 359 g/mol. The predicted octanol–water partition coefficient (Wildman–Crippen LogP) is 3.59. The van der Waals surface area contributed by atoms with Crippen molar-refractivity contribution >= 4 is 22.8 Å². The van der Waals surface area contributed by atoms with Crippen LogP contribution in [0.15, 0.2) is 66.5 Å². The molecule has 1 aromatic carbocycles. The quantitative estimate of drug-likeness (QED) is 0.747.